The Balaban J connectivity index is 1.45. The molecule has 0 saturated carbocycles. The molecule has 1 aliphatic rings. The normalized spacial score (nSPS) is 18.2. The summed E-state index contributed by atoms with van der Waals surface area (Å²) in [5.41, 5.74) is 1.17. The average molecular weight is 331 g/mol. The average Bonchev–Trinajstić information content (AvgIpc) is 3.07. The van der Waals surface area contributed by atoms with Gasteiger partial charge in [0.15, 0.2) is 0 Å². The Bertz CT molecular complexity index is 590. The van der Waals surface area contributed by atoms with E-state index in [-0.39, 0.29) is 0 Å². The van der Waals surface area contributed by atoms with E-state index in [1.54, 1.807) is 0 Å². The number of piperidine rings is 1. The summed E-state index contributed by atoms with van der Waals surface area (Å²) in [5, 5.41) is 4.98. The highest BCUT2D eigenvalue weighted by Gasteiger charge is 2.22. The van der Waals surface area contributed by atoms with Crippen molar-refractivity contribution in [1.82, 2.24) is 20.2 Å². The zero-order valence-electron chi connectivity index (χ0n) is 14.0. The number of nitrogens with zero attached hydrogens (tertiary/aromatic N) is 3. The Morgan fingerprint density at radius 2 is 2.13 bits per heavy atom. The molecule has 1 saturated heterocycles. The summed E-state index contributed by atoms with van der Waals surface area (Å²) in [6, 6.07) is 7.10. The predicted octanol–water partition coefficient (Wildman–Crippen LogP) is 3.42. The van der Waals surface area contributed by atoms with E-state index in [1.165, 1.54) is 28.4 Å². The number of pyridine rings is 1. The Morgan fingerprint density at radius 1 is 1.30 bits per heavy atom. The van der Waals surface area contributed by atoms with Crippen LogP contribution in [0.3, 0.4) is 0 Å². The van der Waals surface area contributed by atoms with Crippen molar-refractivity contribution in [3.05, 3.63) is 46.2 Å². The van der Waals surface area contributed by atoms with E-state index in [0.717, 1.165) is 26.1 Å². The molecule has 23 heavy (non-hydrogen) atoms. The first-order valence-corrected chi connectivity index (χ1v) is 9.39. The van der Waals surface area contributed by atoms with Crippen LogP contribution in [0.15, 0.2) is 30.6 Å². The molecule has 1 fully saturated rings. The lowest BCUT2D eigenvalue weighted by atomic mass is 10.0. The van der Waals surface area contributed by atoms with Gasteiger partial charge in [-0.2, -0.15) is 0 Å². The molecule has 1 aliphatic heterocycles. The molecule has 5 heteroatoms. The second-order valence-electron chi connectivity index (χ2n) is 6.28. The summed E-state index contributed by atoms with van der Waals surface area (Å²) in [6.45, 7) is 7.67. The van der Waals surface area contributed by atoms with Crippen LogP contribution in [0.4, 0.5) is 0 Å². The van der Waals surface area contributed by atoms with Gasteiger partial charge in [0.2, 0.25) is 0 Å². The van der Waals surface area contributed by atoms with Gasteiger partial charge in [-0.1, -0.05) is 13.0 Å². The number of hydrogen-bond acceptors (Lipinski definition) is 5. The topological polar surface area (TPSA) is 41.1 Å². The quantitative estimate of drug-likeness (QED) is 0.881. The van der Waals surface area contributed by atoms with Gasteiger partial charge in [0, 0.05) is 42.9 Å². The van der Waals surface area contributed by atoms with Gasteiger partial charge in [0.1, 0.15) is 5.01 Å². The van der Waals surface area contributed by atoms with Crippen LogP contribution in [0.1, 0.15) is 48.3 Å². The van der Waals surface area contributed by atoms with Crippen molar-refractivity contribution in [2.45, 2.75) is 51.7 Å². The van der Waals surface area contributed by atoms with Gasteiger partial charge in [-0.15, -0.1) is 11.3 Å². The summed E-state index contributed by atoms with van der Waals surface area (Å²) in [6.07, 6.45) is 7.38. The van der Waals surface area contributed by atoms with E-state index in [2.05, 4.69) is 46.2 Å². The summed E-state index contributed by atoms with van der Waals surface area (Å²) < 4.78 is 0. The van der Waals surface area contributed by atoms with E-state index in [4.69, 9.17) is 0 Å². The van der Waals surface area contributed by atoms with Crippen LogP contribution in [0.2, 0.25) is 0 Å². The molecule has 0 amide bonds. The van der Waals surface area contributed by atoms with E-state index in [0.29, 0.717) is 12.1 Å². The van der Waals surface area contributed by atoms with Gasteiger partial charge in [-0.3, -0.25) is 9.88 Å². The number of thiazole rings is 1. The first-order chi connectivity index (χ1) is 11.2. The minimum absolute atomic E-state index is 0.354. The molecule has 1 N–H and O–H groups in total. The van der Waals surface area contributed by atoms with Crippen molar-refractivity contribution < 1.29 is 0 Å². The van der Waals surface area contributed by atoms with E-state index >= 15 is 0 Å². The first-order valence-electron chi connectivity index (χ1n) is 8.57. The zero-order valence-corrected chi connectivity index (χ0v) is 14.9. The van der Waals surface area contributed by atoms with Gasteiger partial charge in [0.25, 0.3) is 0 Å². The Kier molecular flexibility index (Phi) is 5.75. The minimum atomic E-state index is 0.354. The number of likely N-dealkylation sites (tertiary alicyclic amines) is 1. The van der Waals surface area contributed by atoms with Gasteiger partial charge >= 0.3 is 0 Å². The molecule has 0 bridgehead atoms. The van der Waals surface area contributed by atoms with Crippen molar-refractivity contribution in [2.75, 3.05) is 13.1 Å². The molecule has 4 nitrogen and oxygen atoms in total. The molecule has 0 aliphatic carbocycles. The highest BCUT2D eigenvalue weighted by Crippen LogP contribution is 2.22. The van der Waals surface area contributed by atoms with Crippen LogP contribution in [0.5, 0.6) is 0 Å². The third kappa shape index (κ3) is 4.59. The first kappa shape index (κ1) is 16.6. The van der Waals surface area contributed by atoms with Crippen molar-refractivity contribution in [2.24, 2.45) is 0 Å². The van der Waals surface area contributed by atoms with Crippen LogP contribution in [0, 0.1) is 0 Å². The molecule has 3 heterocycles. The molecule has 0 aromatic carbocycles. The van der Waals surface area contributed by atoms with Crippen molar-refractivity contribution >= 4 is 11.3 Å². The second-order valence-corrected chi connectivity index (χ2v) is 7.42. The summed E-state index contributed by atoms with van der Waals surface area (Å²) >= 11 is 1.84. The van der Waals surface area contributed by atoms with Crippen molar-refractivity contribution in [3.63, 3.8) is 0 Å². The highest BCUT2D eigenvalue weighted by molar-refractivity contribution is 7.11. The number of aryl methyl sites for hydroxylation is 1. The molecule has 0 spiro atoms. The predicted molar refractivity (Wildman–Crippen MR) is 95.6 cm³/mol. The highest BCUT2D eigenvalue weighted by atomic mass is 32.1. The van der Waals surface area contributed by atoms with Crippen LogP contribution in [0.25, 0.3) is 0 Å². The fourth-order valence-corrected chi connectivity index (χ4v) is 3.96. The van der Waals surface area contributed by atoms with Crippen molar-refractivity contribution in [1.29, 1.82) is 0 Å². The minimum Gasteiger partial charge on any atom is -0.305 e. The Morgan fingerprint density at radius 3 is 2.78 bits per heavy atom. The second kappa shape index (κ2) is 7.99. The number of hydrogen-bond donors (Lipinski definition) is 1. The van der Waals surface area contributed by atoms with Gasteiger partial charge in [-0.05, 0) is 38.3 Å². The lowest BCUT2D eigenvalue weighted by Gasteiger charge is -2.33. The Hall–Kier alpha value is -1.30. The zero-order chi connectivity index (χ0) is 16.1. The maximum absolute atomic E-state index is 4.56. The molecule has 2 aromatic rings. The monoisotopic (exact) mass is 330 g/mol. The summed E-state index contributed by atoms with van der Waals surface area (Å²) in [5.74, 6) is 0. The maximum Gasteiger partial charge on any atom is 0.109 e. The smallest absolute Gasteiger partial charge is 0.109 e. The van der Waals surface area contributed by atoms with Crippen LogP contribution >= 0.6 is 11.3 Å². The number of aromatic nitrogens is 2. The van der Waals surface area contributed by atoms with Crippen molar-refractivity contribution in [3.8, 4) is 0 Å². The fraction of sp³-hybridized carbons (Fsp3) is 0.556. The molecule has 2 aromatic heterocycles. The van der Waals surface area contributed by atoms with E-state index in [1.807, 2.05) is 29.8 Å². The standard InChI is InChI=1S/C18H26N4S/c1-3-17-12-20-18(23-17)14(2)21-15-7-10-22(11-8-15)13-16-6-4-5-9-19-16/h4-6,9,12,14-15,21H,3,7-8,10-11,13H2,1-2H3/t14-/m1/s1. The number of nitrogens with one attached hydrogen (secondary N) is 1. The fourth-order valence-electron chi connectivity index (χ4n) is 3.09. The molecule has 0 radical (unpaired) electrons. The summed E-state index contributed by atoms with van der Waals surface area (Å²) in [7, 11) is 0. The van der Waals surface area contributed by atoms with E-state index in [9.17, 15) is 0 Å². The maximum atomic E-state index is 4.56. The van der Waals surface area contributed by atoms with Crippen LogP contribution in [-0.4, -0.2) is 34.0 Å². The van der Waals surface area contributed by atoms with Gasteiger partial charge in [0.05, 0.1) is 11.7 Å². The van der Waals surface area contributed by atoms with Crippen LogP contribution < -0.4 is 5.32 Å². The molecular formula is C18H26N4S. The third-order valence-corrected chi connectivity index (χ3v) is 5.80. The summed E-state index contributed by atoms with van der Waals surface area (Å²) in [4.78, 5) is 12.9. The van der Waals surface area contributed by atoms with Gasteiger partial charge < -0.3 is 5.32 Å². The lowest BCUT2D eigenvalue weighted by molar-refractivity contribution is 0.183. The third-order valence-electron chi connectivity index (χ3n) is 4.48. The molecule has 0 unspecified atom stereocenters. The van der Waals surface area contributed by atoms with E-state index < -0.39 is 0 Å². The van der Waals surface area contributed by atoms with Gasteiger partial charge in [-0.25, -0.2) is 4.98 Å². The molecule has 1 atom stereocenters. The molecule has 124 valence electrons. The Labute approximate surface area is 143 Å². The molecule has 3 rings (SSSR count). The largest absolute Gasteiger partial charge is 0.305 e. The SMILES string of the molecule is CCc1cnc([C@@H](C)NC2CCN(Cc3ccccn3)CC2)s1. The number of rotatable bonds is 6. The molecular weight excluding hydrogens is 304 g/mol. The lowest BCUT2D eigenvalue weighted by Crippen LogP contribution is -2.43. The van der Waals surface area contributed by atoms with Crippen LogP contribution in [-0.2, 0) is 13.0 Å².